The first kappa shape index (κ1) is 14.3. The van der Waals surface area contributed by atoms with Crippen LogP contribution in [0.4, 0.5) is 0 Å². The average Bonchev–Trinajstić information content (AvgIpc) is 2.53. The molecule has 0 aromatic heterocycles. The van der Waals surface area contributed by atoms with Gasteiger partial charge in [-0.1, -0.05) is 27.7 Å². The van der Waals surface area contributed by atoms with E-state index in [1.807, 2.05) is 0 Å². The molecule has 2 fully saturated rings. The molecule has 18 heavy (non-hydrogen) atoms. The van der Waals surface area contributed by atoms with Gasteiger partial charge in [-0.15, -0.1) is 0 Å². The van der Waals surface area contributed by atoms with Crippen molar-refractivity contribution in [3.8, 4) is 0 Å². The van der Waals surface area contributed by atoms with Crippen molar-refractivity contribution in [3.05, 3.63) is 0 Å². The molecule has 0 saturated heterocycles. The molecule has 2 unspecified atom stereocenters. The monoisotopic (exact) mass is 253 g/mol. The summed E-state index contributed by atoms with van der Waals surface area (Å²) >= 11 is 0. The first-order valence-corrected chi connectivity index (χ1v) is 7.63. The topological polar surface area (TPSA) is 23.5 Å². The molecule has 0 heterocycles. The lowest BCUT2D eigenvalue weighted by atomic mass is 9.75. The minimum Gasteiger partial charge on any atom is -0.391 e. The normalized spacial score (nSPS) is 36.2. The molecule has 2 atom stereocenters. The molecule has 0 spiro atoms. The van der Waals surface area contributed by atoms with Crippen molar-refractivity contribution < 1.29 is 5.11 Å². The van der Waals surface area contributed by atoms with E-state index in [9.17, 15) is 5.11 Å². The minimum absolute atomic E-state index is 0.104. The first-order chi connectivity index (χ1) is 8.23. The Morgan fingerprint density at radius 1 is 0.944 bits per heavy atom. The number of hydrogen-bond acceptors (Lipinski definition) is 2. The van der Waals surface area contributed by atoms with Crippen LogP contribution in [0.5, 0.6) is 0 Å². The summed E-state index contributed by atoms with van der Waals surface area (Å²) in [5.74, 6) is 0. The summed E-state index contributed by atoms with van der Waals surface area (Å²) in [5.41, 5.74) is 0.637. The molecular formula is C16H31NO. The lowest BCUT2D eigenvalue weighted by molar-refractivity contribution is -0.00292. The summed E-state index contributed by atoms with van der Waals surface area (Å²) in [7, 11) is 2.23. The van der Waals surface area contributed by atoms with Crippen LogP contribution in [0.2, 0.25) is 0 Å². The van der Waals surface area contributed by atoms with Crippen LogP contribution in [0.15, 0.2) is 0 Å². The van der Waals surface area contributed by atoms with Crippen LogP contribution < -0.4 is 0 Å². The third-order valence-corrected chi connectivity index (χ3v) is 5.66. The second kappa shape index (κ2) is 4.79. The predicted molar refractivity (Wildman–Crippen MR) is 76.6 cm³/mol. The highest BCUT2D eigenvalue weighted by atomic mass is 16.3. The molecule has 0 radical (unpaired) electrons. The summed E-state index contributed by atoms with van der Waals surface area (Å²) in [4.78, 5) is 2.49. The highest BCUT2D eigenvalue weighted by Crippen LogP contribution is 2.42. The molecule has 0 bridgehead atoms. The number of aliphatic hydroxyl groups excluding tert-OH is 1. The number of nitrogens with zero attached hydrogens (tertiary/aromatic N) is 1. The van der Waals surface area contributed by atoms with Gasteiger partial charge in [0.05, 0.1) is 6.10 Å². The van der Waals surface area contributed by atoms with Gasteiger partial charge in [0.1, 0.15) is 0 Å². The van der Waals surface area contributed by atoms with E-state index in [1.54, 1.807) is 0 Å². The lowest BCUT2D eigenvalue weighted by Gasteiger charge is -2.42. The Bertz CT molecular complexity index is 287. The molecule has 106 valence electrons. The molecule has 1 N–H and O–H groups in total. The van der Waals surface area contributed by atoms with Gasteiger partial charge in [-0.05, 0) is 56.4 Å². The Labute approximate surface area is 113 Å². The van der Waals surface area contributed by atoms with Gasteiger partial charge >= 0.3 is 0 Å². The van der Waals surface area contributed by atoms with E-state index in [4.69, 9.17) is 0 Å². The lowest BCUT2D eigenvalue weighted by Crippen LogP contribution is -2.48. The van der Waals surface area contributed by atoms with Crippen LogP contribution in [-0.4, -0.2) is 35.2 Å². The number of hydrogen-bond donors (Lipinski definition) is 1. The van der Waals surface area contributed by atoms with E-state index in [2.05, 4.69) is 39.6 Å². The Morgan fingerprint density at radius 2 is 1.50 bits per heavy atom. The molecular weight excluding hydrogens is 222 g/mol. The van der Waals surface area contributed by atoms with Crippen molar-refractivity contribution in [1.29, 1.82) is 0 Å². The average molecular weight is 253 g/mol. The molecule has 2 nitrogen and oxygen atoms in total. The zero-order valence-corrected chi connectivity index (χ0v) is 12.9. The van der Waals surface area contributed by atoms with Gasteiger partial charge in [0.2, 0.25) is 0 Å². The van der Waals surface area contributed by atoms with Crippen LogP contribution in [0.25, 0.3) is 0 Å². The SMILES string of the molecule is CN(C1CCC(C)(C)CC1)C1CCC(C)(C)C1O. The van der Waals surface area contributed by atoms with Gasteiger partial charge in [0, 0.05) is 12.1 Å². The molecule has 2 heteroatoms. The quantitative estimate of drug-likeness (QED) is 0.815. The van der Waals surface area contributed by atoms with E-state index in [0.717, 1.165) is 12.8 Å². The molecule has 2 aliphatic carbocycles. The largest absolute Gasteiger partial charge is 0.391 e. The molecule has 0 aromatic rings. The minimum atomic E-state index is -0.155. The maximum absolute atomic E-state index is 10.5. The Kier molecular flexibility index (Phi) is 3.81. The number of rotatable bonds is 2. The summed E-state index contributed by atoms with van der Waals surface area (Å²) in [5, 5.41) is 10.5. The smallest absolute Gasteiger partial charge is 0.0746 e. The number of likely N-dealkylation sites (N-methyl/N-ethyl adjacent to an activating group) is 1. The van der Waals surface area contributed by atoms with Crippen molar-refractivity contribution in [1.82, 2.24) is 4.90 Å². The predicted octanol–water partition coefficient (Wildman–Crippen LogP) is 3.44. The zero-order chi connectivity index (χ0) is 13.6. The second-order valence-electron chi connectivity index (χ2n) is 8.10. The molecule has 0 amide bonds. The standard InChI is InChI=1S/C16H31NO/c1-15(2)9-6-12(7-10-15)17(5)13-8-11-16(3,4)14(13)18/h12-14,18H,6-11H2,1-5H3. The fourth-order valence-electron chi connectivity index (χ4n) is 3.83. The molecule has 2 saturated carbocycles. The zero-order valence-electron chi connectivity index (χ0n) is 12.9. The molecule has 0 aliphatic heterocycles. The maximum Gasteiger partial charge on any atom is 0.0746 e. The molecule has 0 aromatic carbocycles. The third-order valence-electron chi connectivity index (χ3n) is 5.66. The highest BCUT2D eigenvalue weighted by Gasteiger charge is 2.44. The fourth-order valence-corrected chi connectivity index (χ4v) is 3.83. The van der Waals surface area contributed by atoms with Gasteiger partial charge in [-0.2, -0.15) is 0 Å². The Hall–Kier alpha value is -0.0800. The van der Waals surface area contributed by atoms with E-state index in [-0.39, 0.29) is 11.5 Å². The molecule has 2 rings (SSSR count). The summed E-state index contributed by atoms with van der Waals surface area (Å²) in [6, 6.07) is 1.07. The van der Waals surface area contributed by atoms with Crippen LogP contribution in [0, 0.1) is 10.8 Å². The van der Waals surface area contributed by atoms with Crippen molar-refractivity contribution in [2.75, 3.05) is 7.05 Å². The van der Waals surface area contributed by atoms with Crippen molar-refractivity contribution in [2.45, 2.75) is 84.4 Å². The summed E-state index contributed by atoms with van der Waals surface area (Å²) in [6.07, 6.45) is 7.41. The van der Waals surface area contributed by atoms with Crippen LogP contribution in [-0.2, 0) is 0 Å². The van der Waals surface area contributed by atoms with E-state index < -0.39 is 0 Å². The van der Waals surface area contributed by atoms with Crippen molar-refractivity contribution >= 4 is 0 Å². The van der Waals surface area contributed by atoms with E-state index in [0.29, 0.717) is 17.5 Å². The number of aliphatic hydroxyl groups is 1. The van der Waals surface area contributed by atoms with E-state index in [1.165, 1.54) is 25.7 Å². The van der Waals surface area contributed by atoms with Crippen LogP contribution >= 0.6 is 0 Å². The third kappa shape index (κ3) is 2.75. The molecule has 2 aliphatic rings. The van der Waals surface area contributed by atoms with Gasteiger partial charge < -0.3 is 5.11 Å². The van der Waals surface area contributed by atoms with Gasteiger partial charge in [0.15, 0.2) is 0 Å². The maximum atomic E-state index is 10.5. The Balaban J connectivity index is 1.95. The van der Waals surface area contributed by atoms with Gasteiger partial charge in [0.25, 0.3) is 0 Å². The van der Waals surface area contributed by atoms with Crippen LogP contribution in [0.1, 0.15) is 66.2 Å². The Morgan fingerprint density at radius 3 is 1.94 bits per heavy atom. The van der Waals surface area contributed by atoms with Crippen molar-refractivity contribution in [3.63, 3.8) is 0 Å². The first-order valence-electron chi connectivity index (χ1n) is 7.63. The van der Waals surface area contributed by atoms with E-state index >= 15 is 0 Å². The van der Waals surface area contributed by atoms with Crippen LogP contribution in [0.3, 0.4) is 0 Å². The second-order valence-corrected chi connectivity index (χ2v) is 8.10. The van der Waals surface area contributed by atoms with Crippen molar-refractivity contribution in [2.24, 2.45) is 10.8 Å². The highest BCUT2D eigenvalue weighted by molar-refractivity contribution is 4.98. The van der Waals surface area contributed by atoms with Gasteiger partial charge in [-0.25, -0.2) is 0 Å². The summed E-state index contributed by atoms with van der Waals surface area (Å²) in [6.45, 7) is 9.18. The summed E-state index contributed by atoms with van der Waals surface area (Å²) < 4.78 is 0. The fraction of sp³-hybridized carbons (Fsp3) is 1.00. The van der Waals surface area contributed by atoms with Gasteiger partial charge in [-0.3, -0.25) is 4.90 Å².